The van der Waals surface area contributed by atoms with Gasteiger partial charge in [0.25, 0.3) is 0 Å². The molecule has 0 atom stereocenters. The summed E-state index contributed by atoms with van der Waals surface area (Å²) >= 11 is 0. The van der Waals surface area contributed by atoms with E-state index >= 15 is 0 Å². The van der Waals surface area contributed by atoms with E-state index in [4.69, 9.17) is 0 Å². The molecule has 0 aliphatic carbocycles. The van der Waals surface area contributed by atoms with Crippen molar-refractivity contribution >= 4 is 0 Å². The lowest BCUT2D eigenvalue weighted by atomic mass is 10.3. The van der Waals surface area contributed by atoms with Crippen LogP contribution < -0.4 is 0 Å². The van der Waals surface area contributed by atoms with Crippen LogP contribution in [0.25, 0.3) is 0 Å². The molecule has 2 heteroatoms. The van der Waals surface area contributed by atoms with Gasteiger partial charge in [-0.3, -0.25) is 4.68 Å². The fourth-order valence-electron chi connectivity index (χ4n) is 1.15. The number of hydrogen-bond acceptors (Lipinski definition) is 1. The highest BCUT2D eigenvalue weighted by Gasteiger charge is 1.95. The minimum Gasteiger partial charge on any atom is -0.273 e. The van der Waals surface area contributed by atoms with Crippen molar-refractivity contribution in [1.29, 1.82) is 0 Å². The number of hydrogen-bond donors (Lipinski definition) is 0. The van der Waals surface area contributed by atoms with Crippen molar-refractivity contribution in [3.05, 3.63) is 18.0 Å². The van der Waals surface area contributed by atoms with Crippen LogP contribution in [0.1, 0.15) is 32.4 Å². The highest BCUT2D eigenvalue weighted by atomic mass is 15.3. The molecule has 0 saturated heterocycles. The molecule has 1 aromatic rings. The van der Waals surface area contributed by atoms with Crippen LogP contribution in [0.4, 0.5) is 0 Å². The van der Waals surface area contributed by atoms with E-state index in [1.54, 1.807) is 0 Å². The standard InChI is InChI=1S/C9H16N2/c1-3-5-9-6-8-11(10-9)7-4-2/h6,8H,3-5,7H2,1-2H3. The summed E-state index contributed by atoms with van der Waals surface area (Å²) in [6.07, 6.45) is 5.52. The summed E-state index contributed by atoms with van der Waals surface area (Å²) < 4.78 is 2.02. The number of nitrogens with zero attached hydrogens (tertiary/aromatic N) is 2. The predicted octanol–water partition coefficient (Wildman–Crippen LogP) is 2.25. The zero-order chi connectivity index (χ0) is 8.10. The summed E-state index contributed by atoms with van der Waals surface area (Å²) in [5.74, 6) is 0. The summed E-state index contributed by atoms with van der Waals surface area (Å²) in [6, 6.07) is 2.11. The first-order valence-electron chi connectivity index (χ1n) is 4.39. The molecule has 11 heavy (non-hydrogen) atoms. The summed E-state index contributed by atoms with van der Waals surface area (Å²) in [6.45, 7) is 5.39. The minimum absolute atomic E-state index is 1.05. The van der Waals surface area contributed by atoms with Crippen LogP contribution in [0, 0.1) is 0 Å². The zero-order valence-electron chi connectivity index (χ0n) is 7.38. The van der Waals surface area contributed by atoms with Crippen LogP contribution in [0.5, 0.6) is 0 Å². The first-order chi connectivity index (χ1) is 5.36. The molecule has 0 bridgehead atoms. The van der Waals surface area contributed by atoms with Crippen LogP contribution in [0.2, 0.25) is 0 Å². The van der Waals surface area contributed by atoms with Gasteiger partial charge in [0.2, 0.25) is 0 Å². The van der Waals surface area contributed by atoms with Crippen LogP contribution in [-0.2, 0) is 13.0 Å². The molecule has 0 amide bonds. The largest absolute Gasteiger partial charge is 0.273 e. The molecule has 0 fully saturated rings. The Labute approximate surface area is 68.2 Å². The third kappa shape index (κ3) is 2.37. The molecule has 1 heterocycles. The third-order valence-electron chi connectivity index (χ3n) is 1.65. The van der Waals surface area contributed by atoms with Gasteiger partial charge < -0.3 is 0 Å². The van der Waals surface area contributed by atoms with Gasteiger partial charge in [-0.05, 0) is 18.9 Å². The van der Waals surface area contributed by atoms with Gasteiger partial charge >= 0.3 is 0 Å². The quantitative estimate of drug-likeness (QED) is 0.647. The number of aromatic nitrogens is 2. The molecule has 1 aromatic heterocycles. The van der Waals surface area contributed by atoms with Crippen molar-refractivity contribution in [2.75, 3.05) is 0 Å². The molecule has 0 aromatic carbocycles. The second kappa shape index (κ2) is 4.16. The third-order valence-corrected chi connectivity index (χ3v) is 1.65. The van der Waals surface area contributed by atoms with Crippen molar-refractivity contribution in [3.8, 4) is 0 Å². The van der Waals surface area contributed by atoms with E-state index in [0.717, 1.165) is 19.4 Å². The molecule has 0 radical (unpaired) electrons. The molecule has 0 aliphatic heterocycles. The van der Waals surface area contributed by atoms with Crippen molar-refractivity contribution in [2.24, 2.45) is 0 Å². The van der Waals surface area contributed by atoms with E-state index in [1.807, 2.05) is 4.68 Å². The lowest BCUT2D eigenvalue weighted by Gasteiger charge is -1.95. The maximum absolute atomic E-state index is 4.41. The van der Waals surface area contributed by atoms with Crippen LogP contribution in [0.15, 0.2) is 12.3 Å². The van der Waals surface area contributed by atoms with Crippen LogP contribution >= 0.6 is 0 Å². The second-order valence-corrected chi connectivity index (χ2v) is 2.82. The normalized spacial score (nSPS) is 10.4. The summed E-state index contributed by atoms with van der Waals surface area (Å²) in [5.41, 5.74) is 1.22. The molecule has 1 rings (SSSR count). The minimum atomic E-state index is 1.05. The molecule has 0 unspecified atom stereocenters. The van der Waals surface area contributed by atoms with Crippen LogP contribution in [0.3, 0.4) is 0 Å². The fraction of sp³-hybridized carbons (Fsp3) is 0.667. The van der Waals surface area contributed by atoms with Crippen molar-refractivity contribution < 1.29 is 0 Å². The van der Waals surface area contributed by atoms with Gasteiger partial charge in [-0.2, -0.15) is 5.10 Å². The van der Waals surface area contributed by atoms with Crippen LogP contribution in [-0.4, -0.2) is 9.78 Å². The Morgan fingerprint density at radius 1 is 1.36 bits per heavy atom. The maximum atomic E-state index is 4.41. The monoisotopic (exact) mass is 152 g/mol. The van der Waals surface area contributed by atoms with Crippen molar-refractivity contribution in [3.63, 3.8) is 0 Å². The van der Waals surface area contributed by atoms with E-state index in [2.05, 4.69) is 31.2 Å². The average molecular weight is 152 g/mol. The topological polar surface area (TPSA) is 17.8 Å². The van der Waals surface area contributed by atoms with E-state index in [1.165, 1.54) is 12.1 Å². The lowest BCUT2D eigenvalue weighted by Crippen LogP contribution is -1.97. The Morgan fingerprint density at radius 2 is 2.18 bits per heavy atom. The van der Waals surface area contributed by atoms with E-state index < -0.39 is 0 Å². The molecule has 2 nitrogen and oxygen atoms in total. The summed E-state index contributed by atoms with van der Waals surface area (Å²) in [4.78, 5) is 0. The SMILES string of the molecule is CCCc1ccn(CCC)n1. The highest BCUT2D eigenvalue weighted by molar-refractivity contribution is 4.98. The Morgan fingerprint density at radius 3 is 2.82 bits per heavy atom. The van der Waals surface area contributed by atoms with E-state index in [-0.39, 0.29) is 0 Å². The van der Waals surface area contributed by atoms with Gasteiger partial charge in [0.05, 0.1) is 5.69 Å². The molecular formula is C9H16N2. The number of rotatable bonds is 4. The lowest BCUT2D eigenvalue weighted by molar-refractivity contribution is 0.593. The van der Waals surface area contributed by atoms with Gasteiger partial charge in [-0.1, -0.05) is 20.3 Å². The Bertz CT molecular complexity index is 183. The Hall–Kier alpha value is -0.790. The first kappa shape index (κ1) is 8.31. The van der Waals surface area contributed by atoms with Crippen molar-refractivity contribution in [1.82, 2.24) is 9.78 Å². The Balaban J connectivity index is 2.51. The smallest absolute Gasteiger partial charge is 0.0624 e. The maximum Gasteiger partial charge on any atom is 0.0624 e. The van der Waals surface area contributed by atoms with Gasteiger partial charge in [-0.15, -0.1) is 0 Å². The van der Waals surface area contributed by atoms with Gasteiger partial charge in [0, 0.05) is 12.7 Å². The summed E-state index contributed by atoms with van der Waals surface area (Å²) in [5, 5.41) is 4.41. The first-order valence-corrected chi connectivity index (χ1v) is 4.39. The fourth-order valence-corrected chi connectivity index (χ4v) is 1.15. The Kier molecular flexibility index (Phi) is 3.14. The van der Waals surface area contributed by atoms with E-state index in [9.17, 15) is 0 Å². The van der Waals surface area contributed by atoms with E-state index in [0.29, 0.717) is 0 Å². The average Bonchev–Trinajstić information content (AvgIpc) is 2.38. The molecular weight excluding hydrogens is 136 g/mol. The molecule has 0 saturated carbocycles. The zero-order valence-corrected chi connectivity index (χ0v) is 7.38. The molecule has 62 valence electrons. The number of aryl methyl sites for hydroxylation is 2. The van der Waals surface area contributed by atoms with Crippen molar-refractivity contribution in [2.45, 2.75) is 39.7 Å². The predicted molar refractivity (Wildman–Crippen MR) is 46.5 cm³/mol. The molecule has 0 N–H and O–H groups in total. The summed E-state index contributed by atoms with van der Waals surface area (Å²) in [7, 11) is 0. The van der Waals surface area contributed by atoms with Gasteiger partial charge in [-0.25, -0.2) is 0 Å². The molecule has 0 spiro atoms. The highest BCUT2D eigenvalue weighted by Crippen LogP contribution is 1.99. The molecule has 0 aliphatic rings. The second-order valence-electron chi connectivity index (χ2n) is 2.82. The van der Waals surface area contributed by atoms with Gasteiger partial charge in [0.1, 0.15) is 0 Å². The van der Waals surface area contributed by atoms with Gasteiger partial charge in [0.15, 0.2) is 0 Å².